The predicted molar refractivity (Wildman–Crippen MR) is 48.1 cm³/mol. The van der Waals surface area contributed by atoms with Crippen molar-refractivity contribution in [3.8, 4) is 0 Å². The van der Waals surface area contributed by atoms with Gasteiger partial charge < -0.3 is 4.74 Å². The number of halogens is 2. The van der Waals surface area contributed by atoms with Gasteiger partial charge in [-0.15, -0.1) is 11.6 Å². The van der Waals surface area contributed by atoms with E-state index in [9.17, 15) is 4.39 Å². The SMILES string of the molecule is F/C(=C\CCl)CC1CCCCO1. The van der Waals surface area contributed by atoms with E-state index in [2.05, 4.69) is 0 Å². The van der Waals surface area contributed by atoms with Gasteiger partial charge in [0.15, 0.2) is 0 Å². The minimum atomic E-state index is -0.142. The molecule has 1 atom stereocenters. The molecule has 0 N–H and O–H groups in total. The lowest BCUT2D eigenvalue weighted by Crippen LogP contribution is -2.18. The van der Waals surface area contributed by atoms with Crippen LogP contribution >= 0.6 is 11.6 Å². The molecule has 1 fully saturated rings. The summed E-state index contributed by atoms with van der Waals surface area (Å²) in [6, 6.07) is 0. The van der Waals surface area contributed by atoms with Gasteiger partial charge in [-0.25, -0.2) is 4.39 Å². The first-order valence-corrected chi connectivity index (χ1v) is 4.88. The highest BCUT2D eigenvalue weighted by Gasteiger charge is 2.14. The predicted octanol–water partition coefficient (Wildman–Crippen LogP) is 3.04. The lowest BCUT2D eigenvalue weighted by Gasteiger charge is -2.21. The largest absolute Gasteiger partial charge is 0.378 e. The average molecular weight is 193 g/mol. The van der Waals surface area contributed by atoms with Crippen molar-refractivity contribution in [2.75, 3.05) is 12.5 Å². The van der Waals surface area contributed by atoms with Crippen molar-refractivity contribution in [1.82, 2.24) is 0 Å². The van der Waals surface area contributed by atoms with Crippen LogP contribution in [0.2, 0.25) is 0 Å². The zero-order chi connectivity index (χ0) is 8.81. The average Bonchev–Trinajstić information content (AvgIpc) is 2.06. The molecule has 1 saturated heterocycles. The summed E-state index contributed by atoms with van der Waals surface area (Å²) in [6.07, 6.45) is 5.12. The Morgan fingerprint density at radius 1 is 1.58 bits per heavy atom. The molecule has 70 valence electrons. The highest BCUT2D eigenvalue weighted by atomic mass is 35.5. The maximum atomic E-state index is 12.9. The molecule has 0 aliphatic carbocycles. The third-order valence-electron chi connectivity index (χ3n) is 2.00. The van der Waals surface area contributed by atoms with Crippen molar-refractivity contribution < 1.29 is 9.13 Å². The van der Waals surface area contributed by atoms with E-state index in [0.717, 1.165) is 25.9 Å². The van der Waals surface area contributed by atoms with Gasteiger partial charge in [-0.2, -0.15) is 0 Å². The lowest BCUT2D eigenvalue weighted by molar-refractivity contribution is 0.0139. The number of hydrogen-bond acceptors (Lipinski definition) is 1. The van der Waals surface area contributed by atoms with E-state index in [0.29, 0.717) is 6.42 Å². The Balaban J connectivity index is 2.24. The fourth-order valence-electron chi connectivity index (χ4n) is 1.35. The van der Waals surface area contributed by atoms with Gasteiger partial charge in [0.25, 0.3) is 0 Å². The molecule has 0 amide bonds. The first-order chi connectivity index (χ1) is 5.83. The molecule has 0 saturated carbocycles. The van der Waals surface area contributed by atoms with Crippen LogP contribution in [0, 0.1) is 0 Å². The summed E-state index contributed by atoms with van der Waals surface area (Å²) in [6.45, 7) is 0.777. The minimum absolute atomic E-state index is 0.0817. The van der Waals surface area contributed by atoms with Gasteiger partial charge in [-0.3, -0.25) is 0 Å². The highest BCUT2D eigenvalue weighted by Crippen LogP contribution is 2.19. The molecular weight excluding hydrogens is 179 g/mol. The molecule has 0 bridgehead atoms. The Morgan fingerprint density at radius 2 is 2.42 bits per heavy atom. The number of alkyl halides is 1. The summed E-state index contributed by atoms with van der Waals surface area (Å²) in [5.74, 6) is 0.107. The Kier molecular flexibility index (Phi) is 4.62. The summed E-state index contributed by atoms with van der Waals surface area (Å²) in [5, 5.41) is 0. The van der Waals surface area contributed by atoms with Crippen LogP contribution in [0.25, 0.3) is 0 Å². The summed E-state index contributed by atoms with van der Waals surface area (Å²) < 4.78 is 18.3. The summed E-state index contributed by atoms with van der Waals surface area (Å²) in [5.41, 5.74) is 0. The van der Waals surface area contributed by atoms with E-state index < -0.39 is 0 Å². The van der Waals surface area contributed by atoms with Crippen molar-refractivity contribution >= 4 is 11.6 Å². The van der Waals surface area contributed by atoms with Crippen LogP contribution in [0.1, 0.15) is 25.7 Å². The van der Waals surface area contributed by atoms with Crippen LogP contribution in [-0.4, -0.2) is 18.6 Å². The van der Waals surface area contributed by atoms with Crippen LogP contribution in [0.15, 0.2) is 11.9 Å². The molecule has 12 heavy (non-hydrogen) atoms. The van der Waals surface area contributed by atoms with Gasteiger partial charge in [0, 0.05) is 18.9 Å². The third-order valence-corrected chi connectivity index (χ3v) is 2.15. The Labute approximate surface area is 77.5 Å². The molecule has 0 spiro atoms. The molecule has 1 aliphatic heterocycles. The van der Waals surface area contributed by atoms with Crippen LogP contribution in [0.5, 0.6) is 0 Å². The minimum Gasteiger partial charge on any atom is -0.378 e. The maximum absolute atomic E-state index is 12.9. The molecular formula is C9H14ClFO. The zero-order valence-corrected chi connectivity index (χ0v) is 7.82. The van der Waals surface area contributed by atoms with Gasteiger partial charge >= 0.3 is 0 Å². The Hall–Kier alpha value is -0.0800. The molecule has 1 rings (SSSR count). The van der Waals surface area contributed by atoms with Gasteiger partial charge in [-0.05, 0) is 25.3 Å². The first kappa shape index (κ1) is 10.0. The molecule has 1 nitrogen and oxygen atoms in total. The fraction of sp³-hybridized carbons (Fsp3) is 0.778. The number of rotatable bonds is 3. The standard InChI is InChI=1S/C9H14ClFO/c10-5-4-8(11)7-9-3-1-2-6-12-9/h4,9H,1-3,5-7H2/b8-4-. The molecule has 0 radical (unpaired) electrons. The van der Waals surface area contributed by atoms with E-state index in [1.165, 1.54) is 6.08 Å². The third kappa shape index (κ3) is 3.55. The molecule has 0 aromatic rings. The maximum Gasteiger partial charge on any atom is 0.0997 e. The fourth-order valence-corrected chi connectivity index (χ4v) is 1.52. The molecule has 3 heteroatoms. The second-order valence-corrected chi connectivity index (χ2v) is 3.31. The van der Waals surface area contributed by atoms with E-state index in [1.54, 1.807) is 0 Å². The molecule has 0 aromatic carbocycles. The first-order valence-electron chi connectivity index (χ1n) is 4.35. The topological polar surface area (TPSA) is 9.23 Å². The second kappa shape index (κ2) is 5.55. The summed E-state index contributed by atoms with van der Waals surface area (Å²) in [7, 11) is 0. The number of ether oxygens (including phenoxy) is 1. The Morgan fingerprint density at radius 3 is 3.00 bits per heavy atom. The summed E-state index contributed by atoms with van der Waals surface area (Å²) in [4.78, 5) is 0. The van der Waals surface area contributed by atoms with Gasteiger partial charge in [0.05, 0.1) is 11.9 Å². The number of hydrogen-bond donors (Lipinski definition) is 0. The lowest BCUT2D eigenvalue weighted by atomic mass is 10.1. The zero-order valence-electron chi connectivity index (χ0n) is 7.06. The molecule has 1 heterocycles. The monoisotopic (exact) mass is 192 g/mol. The second-order valence-electron chi connectivity index (χ2n) is 3.00. The van der Waals surface area contributed by atoms with Gasteiger partial charge in [0.2, 0.25) is 0 Å². The smallest absolute Gasteiger partial charge is 0.0997 e. The van der Waals surface area contributed by atoms with Crippen molar-refractivity contribution in [1.29, 1.82) is 0 Å². The molecule has 0 aromatic heterocycles. The van der Waals surface area contributed by atoms with Gasteiger partial charge in [-0.1, -0.05) is 0 Å². The van der Waals surface area contributed by atoms with Crippen molar-refractivity contribution in [2.24, 2.45) is 0 Å². The molecule has 1 aliphatic rings. The number of allylic oxidation sites excluding steroid dienone is 1. The molecule has 1 unspecified atom stereocenters. The van der Waals surface area contributed by atoms with E-state index in [1.807, 2.05) is 0 Å². The normalized spacial score (nSPS) is 25.8. The van der Waals surface area contributed by atoms with E-state index >= 15 is 0 Å². The highest BCUT2D eigenvalue weighted by molar-refractivity contribution is 6.18. The van der Waals surface area contributed by atoms with Crippen LogP contribution in [0.3, 0.4) is 0 Å². The van der Waals surface area contributed by atoms with Crippen LogP contribution in [-0.2, 0) is 4.74 Å². The van der Waals surface area contributed by atoms with E-state index in [-0.39, 0.29) is 17.8 Å². The van der Waals surface area contributed by atoms with Gasteiger partial charge in [0.1, 0.15) is 0 Å². The van der Waals surface area contributed by atoms with Crippen LogP contribution in [0.4, 0.5) is 4.39 Å². The quantitative estimate of drug-likeness (QED) is 0.625. The van der Waals surface area contributed by atoms with Crippen molar-refractivity contribution in [3.05, 3.63) is 11.9 Å². The van der Waals surface area contributed by atoms with E-state index in [4.69, 9.17) is 16.3 Å². The summed E-state index contributed by atoms with van der Waals surface area (Å²) >= 11 is 5.36. The van der Waals surface area contributed by atoms with Crippen molar-refractivity contribution in [2.45, 2.75) is 31.8 Å². The van der Waals surface area contributed by atoms with Crippen molar-refractivity contribution in [3.63, 3.8) is 0 Å². The van der Waals surface area contributed by atoms with Crippen LogP contribution < -0.4 is 0 Å². The Bertz CT molecular complexity index is 153.